The molecule has 0 amide bonds. The molecule has 1 aliphatic rings. The van der Waals surface area contributed by atoms with E-state index in [2.05, 4.69) is 16.0 Å². The highest BCUT2D eigenvalue weighted by atomic mass is 32.1. The van der Waals surface area contributed by atoms with Crippen molar-refractivity contribution < 1.29 is 4.74 Å². The number of hydrogen-bond acceptors (Lipinski definition) is 5. The van der Waals surface area contributed by atoms with E-state index in [0.29, 0.717) is 4.88 Å². The third kappa shape index (κ3) is 1.72. The van der Waals surface area contributed by atoms with Crippen molar-refractivity contribution in [3.05, 3.63) is 10.6 Å². The Hall–Kier alpha value is -1.12. The van der Waals surface area contributed by atoms with Crippen molar-refractivity contribution in [2.24, 2.45) is 0 Å². The molecule has 1 saturated heterocycles. The van der Waals surface area contributed by atoms with E-state index in [9.17, 15) is 0 Å². The summed E-state index contributed by atoms with van der Waals surface area (Å²) < 4.78 is 5.25. The van der Waals surface area contributed by atoms with Crippen LogP contribution in [-0.4, -0.2) is 31.3 Å². The number of anilines is 1. The van der Waals surface area contributed by atoms with E-state index < -0.39 is 0 Å². The van der Waals surface area contributed by atoms with Gasteiger partial charge in [-0.1, -0.05) is 11.3 Å². The average molecular weight is 209 g/mol. The average Bonchev–Trinajstić information content (AvgIpc) is 2.61. The van der Waals surface area contributed by atoms with Crippen LogP contribution in [0.25, 0.3) is 0 Å². The third-order valence-corrected chi connectivity index (χ3v) is 3.29. The maximum absolute atomic E-state index is 8.81. The number of ether oxygens (including phenoxy) is 1. The summed E-state index contributed by atoms with van der Waals surface area (Å²) in [5, 5.41) is 9.75. The standard InChI is InChI=1S/C9H11N3OS/c1-7-8(6-10)14-9(11-7)12-2-4-13-5-3-12/h2-5H2,1H3. The molecule has 1 aromatic rings. The van der Waals surface area contributed by atoms with Crippen LogP contribution in [0.3, 0.4) is 0 Å². The molecule has 0 aliphatic carbocycles. The Labute approximate surface area is 86.7 Å². The molecule has 14 heavy (non-hydrogen) atoms. The predicted molar refractivity (Wildman–Crippen MR) is 54.6 cm³/mol. The van der Waals surface area contributed by atoms with Crippen LogP contribution in [0.15, 0.2) is 0 Å². The van der Waals surface area contributed by atoms with Gasteiger partial charge in [-0.05, 0) is 6.92 Å². The molecule has 1 aliphatic heterocycles. The molecule has 0 N–H and O–H groups in total. The summed E-state index contributed by atoms with van der Waals surface area (Å²) in [5.41, 5.74) is 0.832. The molecule has 0 saturated carbocycles. The second kappa shape index (κ2) is 3.95. The van der Waals surface area contributed by atoms with Crippen LogP contribution < -0.4 is 4.90 Å². The van der Waals surface area contributed by atoms with Crippen molar-refractivity contribution >= 4 is 16.5 Å². The van der Waals surface area contributed by atoms with Crippen molar-refractivity contribution in [1.82, 2.24) is 4.98 Å². The van der Waals surface area contributed by atoms with Crippen LogP contribution >= 0.6 is 11.3 Å². The molecule has 0 unspecified atom stereocenters. The summed E-state index contributed by atoms with van der Waals surface area (Å²) in [5.74, 6) is 0. The van der Waals surface area contributed by atoms with Gasteiger partial charge in [0, 0.05) is 13.1 Å². The van der Waals surface area contributed by atoms with Gasteiger partial charge in [-0.25, -0.2) is 4.98 Å². The minimum absolute atomic E-state index is 0.714. The number of hydrogen-bond donors (Lipinski definition) is 0. The van der Waals surface area contributed by atoms with Gasteiger partial charge < -0.3 is 9.64 Å². The first-order valence-corrected chi connectivity index (χ1v) is 5.33. The summed E-state index contributed by atoms with van der Waals surface area (Å²) in [7, 11) is 0. The van der Waals surface area contributed by atoms with Gasteiger partial charge in [-0.2, -0.15) is 5.26 Å². The highest BCUT2D eigenvalue weighted by Gasteiger charge is 2.16. The zero-order valence-corrected chi connectivity index (χ0v) is 8.80. The number of morpholine rings is 1. The van der Waals surface area contributed by atoms with Crippen LogP contribution in [0.5, 0.6) is 0 Å². The fourth-order valence-corrected chi connectivity index (χ4v) is 2.29. The number of nitrogens with zero attached hydrogens (tertiary/aromatic N) is 3. The molecule has 0 atom stereocenters. The predicted octanol–water partition coefficient (Wildman–Crippen LogP) is 1.16. The van der Waals surface area contributed by atoms with E-state index in [0.717, 1.165) is 37.1 Å². The summed E-state index contributed by atoms with van der Waals surface area (Å²) in [6.07, 6.45) is 0. The van der Waals surface area contributed by atoms with Crippen LogP contribution in [-0.2, 0) is 4.74 Å². The molecule has 0 aromatic carbocycles. The second-order valence-corrected chi connectivity index (χ2v) is 4.10. The minimum Gasteiger partial charge on any atom is -0.378 e. The molecule has 2 rings (SSSR count). The lowest BCUT2D eigenvalue weighted by atomic mass is 10.4. The second-order valence-electron chi connectivity index (χ2n) is 3.12. The number of thiazole rings is 1. The number of nitriles is 1. The highest BCUT2D eigenvalue weighted by Crippen LogP contribution is 2.25. The fraction of sp³-hybridized carbons (Fsp3) is 0.556. The van der Waals surface area contributed by atoms with Crippen LogP contribution in [0.1, 0.15) is 10.6 Å². The Morgan fingerprint density at radius 1 is 1.50 bits per heavy atom. The quantitative estimate of drug-likeness (QED) is 0.696. The van der Waals surface area contributed by atoms with Gasteiger partial charge in [0.05, 0.1) is 18.9 Å². The summed E-state index contributed by atoms with van der Waals surface area (Å²) in [6.45, 7) is 5.12. The lowest BCUT2D eigenvalue weighted by Gasteiger charge is -2.25. The van der Waals surface area contributed by atoms with E-state index in [1.165, 1.54) is 11.3 Å². The lowest BCUT2D eigenvalue weighted by molar-refractivity contribution is 0.122. The molecule has 74 valence electrons. The first-order valence-electron chi connectivity index (χ1n) is 4.51. The fourth-order valence-electron chi connectivity index (χ4n) is 1.38. The summed E-state index contributed by atoms with van der Waals surface area (Å²) >= 11 is 1.46. The summed E-state index contributed by atoms with van der Waals surface area (Å²) in [4.78, 5) is 7.25. The van der Waals surface area contributed by atoms with Crippen LogP contribution in [0.2, 0.25) is 0 Å². The Morgan fingerprint density at radius 2 is 2.21 bits per heavy atom. The third-order valence-electron chi connectivity index (χ3n) is 2.17. The molecule has 0 bridgehead atoms. The maximum Gasteiger partial charge on any atom is 0.186 e. The normalized spacial score (nSPS) is 16.7. The van der Waals surface area contributed by atoms with Crippen molar-refractivity contribution in [1.29, 1.82) is 5.26 Å². The zero-order valence-electron chi connectivity index (χ0n) is 7.99. The minimum atomic E-state index is 0.714. The van der Waals surface area contributed by atoms with Gasteiger partial charge >= 0.3 is 0 Å². The zero-order chi connectivity index (χ0) is 9.97. The summed E-state index contributed by atoms with van der Waals surface area (Å²) in [6, 6.07) is 2.15. The molecule has 0 spiro atoms. The molecular formula is C9H11N3OS. The van der Waals surface area contributed by atoms with Gasteiger partial charge in [0.2, 0.25) is 0 Å². The first-order chi connectivity index (χ1) is 6.81. The Morgan fingerprint density at radius 3 is 2.79 bits per heavy atom. The molecule has 2 heterocycles. The molecular weight excluding hydrogens is 198 g/mol. The Balaban J connectivity index is 2.19. The molecule has 5 heteroatoms. The van der Waals surface area contributed by atoms with E-state index in [4.69, 9.17) is 10.00 Å². The molecule has 1 aromatic heterocycles. The SMILES string of the molecule is Cc1nc(N2CCOCC2)sc1C#N. The van der Waals surface area contributed by atoms with Gasteiger partial charge in [0.1, 0.15) is 10.9 Å². The van der Waals surface area contributed by atoms with Crippen molar-refractivity contribution in [3.63, 3.8) is 0 Å². The number of rotatable bonds is 1. The van der Waals surface area contributed by atoms with E-state index in [-0.39, 0.29) is 0 Å². The van der Waals surface area contributed by atoms with Gasteiger partial charge in [0.25, 0.3) is 0 Å². The number of aromatic nitrogens is 1. The maximum atomic E-state index is 8.81. The largest absolute Gasteiger partial charge is 0.378 e. The van der Waals surface area contributed by atoms with Crippen LogP contribution in [0, 0.1) is 18.3 Å². The van der Waals surface area contributed by atoms with Gasteiger partial charge in [0.15, 0.2) is 5.13 Å². The van der Waals surface area contributed by atoms with Crippen LogP contribution in [0.4, 0.5) is 5.13 Å². The van der Waals surface area contributed by atoms with Crippen molar-refractivity contribution in [2.45, 2.75) is 6.92 Å². The lowest BCUT2D eigenvalue weighted by Crippen LogP contribution is -2.36. The van der Waals surface area contributed by atoms with E-state index in [1.807, 2.05) is 6.92 Å². The molecule has 1 fully saturated rings. The molecule has 4 nitrogen and oxygen atoms in total. The molecule has 0 radical (unpaired) electrons. The smallest absolute Gasteiger partial charge is 0.186 e. The Bertz CT molecular complexity index is 363. The van der Waals surface area contributed by atoms with E-state index >= 15 is 0 Å². The topological polar surface area (TPSA) is 49.2 Å². The first kappa shape index (κ1) is 9.44. The Kier molecular flexibility index (Phi) is 2.66. The monoisotopic (exact) mass is 209 g/mol. The van der Waals surface area contributed by atoms with Crippen molar-refractivity contribution in [2.75, 3.05) is 31.2 Å². The van der Waals surface area contributed by atoms with Gasteiger partial charge in [-0.3, -0.25) is 0 Å². The highest BCUT2D eigenvalue weighted by molar-refractivity contribution is 7.16. The van der Waals surface area contributed by atoms with Gasteiger partial charge in [-0.15, -0.1) is 0 Å². The van der Waals surface area contributed by atoms with E-state index in [1.54, 1.807) is 0 Å². The number of aryl methyl sites for hydroxylation is 1. The van der Waals surface area contributed by atoms with Crippen molar-refractivity contribution in [3.8, 4) is 6.07 Å².